The monoisotopic (exact) mass is 490 g/mol. The molecule has 4 rings (SSSR count). The molecule has 0 aromatic heterocycles. The van der Waals surface area contributed by atoms with Crippen LogP contribution in [0.2, 0.25) is 0 Å². The first-order chi connectivity index (χ1) is 16.8. The summed E-state index contributed by atoms with van der Waals surface area (Å²) in [5.41, 5.74) is 1.62. The summed E-state index contributed by atoms with van der Waals surface area (Å²) in [6.07, 6.45) is 1.45. The topological polar surface area (TPSA) is 127 Å². The van der Waals surface area contributed by atoms with Crippen LogP contribution in [-0.4, -0.2) is 32.0 Å². The highest BCUT2D eigenvalue weighted by Gasteiger charge is 2.35. The van der Waals surface area contributed by atoms with Gasteiger partial charge in [0.2, 0.25) is 0 Å². The molecule has 0 bridgehead atoms. The van der Waals surface area contributed by atoms with E-state index in [0.29, 0.717) is 11.1 Å². The Morgan fingerprint density at radius 3 is 2.43 bits per heavy atom. The third kappa shape index (κ3) is 5.56. The molecule has 1 aliphatic rings. The Balaban J connectivity index is 1.48. The van der Waals surface area contributed by atoms with Gasteiger partial charge in [0.25, 0.3) is 16.8 Å². The fourth-order valence-corrected chi connectivity index (χ4v) is 4.14. The van der Waals surface area contributed by atoms with Gasteiger partial charge in [0.1, 0.15) is 17.9 Å². The van der Waals surface area contributed by atoms with E-state index in [4.69, 9.17) is 4.74 Å². The van der Waals surface area contributed by atoms with E-state index in [9.17, 15) is 29.6 Å². The molecule has 0 spiro atoms. The Morgan fingerprint density at radius 2 is 1.74 bits per heavy atom. The average Bonchev–Trinajstić information content (AvgIpc) is 3.12. The van der Waals surface area contributed by atoms with Crippen LogP contribution in [0.25, 0.3) is 6.08 Å². The number of nitro groups is 1. The molecule has 2 amide bonds. The number of hydrogen-bond donors (Lipinski definition) is 1. The zero-order valence-electron chi connectivity index (χ0n) is 18.1. The number of esters is 1. The van der Waals surface area contributed by atoms with Gasteiger partial charge in [-0.15, -0.1) is 0 Å². The number of phenolic OH excluding ortho intramolecular Hbond substituents is 1. The lowest BCUT2D eigenvalue weighted by atomic mass is 10.1. The largest absolute Gasteiger partial charge is 0.507 e. The summed E-state index contributed by atoms with van der Waals surface area (Å²) in [4.78, 5) is 49.2. The minimum atomic E-state index is -0.729. The maximum atomic E-state index is 12.8. The summed E-state index contributed by atoms with van der Waals surface area (Å²) in [5.74, 6) is -1.53. The first kappa shape index (κ1) is 23.7. The van der Waals surface area contributed by atoms with Gasteiger partial charge >= 0.3 is 5.97 Å². The molecule has 3 aromatic rings. The van der Waals surface area contributed by atoms with E-state index >= 15 is 0 Å². The number of amides is 2. The van der Waals surface area contributed by atoms with Crippen LogP contribution in [0.15, 0.2) is 77.7 Å². The molecule has 0 saturated carbocycles. The summed E-state index contributed by atoms with van der Waals surface area (Å²) in [6, 6.07) is 18.9. The predicted octanol–water partition coefficient (Wildman–Crippen LogP) is 4.89. The standard InChI is InChI=1S/C25H18N2O7S/c28-21-11-8-18(12-20(21)24(30)34-15-17-4-2-1-3-5-17)13-22-23(29)26(25(31)35-22)14-16-6-9-19(10-7-16)27(32)33/h1-13,28H,14-15H2. The number of nitrogens with zero attached hydrogens (tertiary/aromatic N) is 2. The molecule has 1 N–H and O–H groups in total. The molecule has 1 aliphatic heterocycles. The molecule has 0 aliphatic carbocycles. The first-order valence-corrected chi connectivity index (χ1v) is 11.2. The molecule has 3 aromatic carbocycles. The number of ether oxygens (including phenoxy) is 1. The Bertz CT molecular complexity index is 1340. The van der Waals surface area contributed by atoms with Gasteiger partial charge in [-0.1, -0.05) is 48.5 Å². The molecule has 0 atom stereocenters. The van der Waals surface area contributed by atoms with Crippen molar-refractivity contribution < 1.29 is 29.2 Å². The van der Waals surface area contributed by atoms with Crippen LogP contribution in [0.5, 0.6) is 5.75 Å². The zero-order valence-corrected chi connectivity index (χ0v) is 18.9. The number of nitro benzene ring substituents is 1. The van der Waals surface area contributed by atoms with Crippen molar-refractivity contribution in [1.29, 1.82) is 0 Å². The number of carbonyl (C=O) groups excluding carboxylic acids is 3. The van der Waals surface area contributed by atoms with Crippen molar-refractivity contribution in [3.8, 4) is 5.75 Å². The highest BCUT2D eigenvalue weighted by atomic mass is 32.2. The second-order valence-corrected chi connectivity index (χ2v) is 8.52. The van der Waals surface area contributed by atoms with Gasteiger partial charge in [-0.05, 0) is 46.7 Å². The number of thioether (sulfide) groups is 1. The molecule has 9 nitrogen and oxygen atoms in total. The lowest BCUT2D eigenvalue weighted by Crippen LogP contribution is -2.27. The summed E-state index contributed by atoms with van der Waals surface area (Å²) in [6.45, 7) is -0.00247. The molecule has 10 heteroatoms. The number of carbonyl (C=O) groups is 3. The molecule has 35 heavy (non-hydrogen) atoms. The maximum Gasteiger partial charge on any atom is 0.342 e. The maximum absolute atomic E-state index is 12.8. The summed E-state index contributed by atoms with van der Waals surface area (Å²) < 4.78 is 5.27. The number of benzene rings is 3. The average molecular weight is 490 g/mol. The Hall–Kier alpha value is -4.44. The number of rotatable bonds is 7. The van der Waals surface area contributed by atoms with E-state index in [1.807, 2.05) is 18.2 Å². The Kier molecular flexibility index (Phi) is 6.93. The molecular formula is C25H18N2O7S. The predicted molar refractivity (Wildman–Crippen MR) is 128 cm³/mol. The lowest BCUT2D eigenvalue weighted by Gasteiger charge is -2.12. The molecule has 0 unspecified atom stereocenters. The molecular weight excluding hydrogens is 472 g/mol. The van der Waals surface area contributed by atoms with Crippen molar-refractivity contribution >= 4 is 40.6 Å². The summed E-state index contributed by atoms with van der Waals surface area (Å²) >= 11 is 0.742. The number of imide groups is 1. The summed E-state index contributed by atoms with van der Waals surface area (Å²) in [5, 5.41) is 20.4. The smallest absolute Gasteiger partial charge is 0.342 e. The third-order valence-corrected chi connectivity index (χ3v) is 6.02. The van der Waals surface area contributed by atoms with Gasteiger partial charge in [-0.2, -0.15) is 0 Å². The molecule has 1 fully saturated rings. The van der Waals surface area contributed by atoms with Gasteiger partial charge in [-0.25, -0.2) is 4.79 Å². The molecule has 1 saturated heterocycles. The van der Waals surface area contributed by atoms with Crippen LogP contribution >= 0.6 is 11.8 Å². The molecule has 176 valence electrons. The van der Waals surface area contributed by atoms with Crippen molar-refractivity contribution in [3.63, 3.8) is 0 Å². The SMILES string of the molecule is O=C(OCc1ccccc1)c1cc(C=C2SC(=O)N(Cc3ccc([N+](=O)[O-])cc3)C2=O)ccc1O. The normalized spacial score (nSPS) is 14.4. The Labute approximate surface area is 203 Å². The molecule has 1 heterocycles. The minimum Gasteiger partial charge on any atom is -0.507 e. The van der Waals surface area contributed by atoms with Crippen molar-refractivity contribution in [2.24, 2.45) is 0 Å². The number of non-ortho nitro benzene ring substituents is 1. The summed E-state index contributed by atoms with van der Waals surface area (Å²) in [7, 11) is 0. The van der Waals surface area contributed by atoms with Crippen molar-refractivity contribution in [2.75, 3.05) is 0 Å². The fraction of sp³-hybridized carbons (Fsp3) is 0.0800. The third-order valence-electron chi connectivity index (χ3n) is 5.11. The number of aromatic hydroxyl groups is 1. The zero-order chi connectivity index (χ0) is 24.9. The quantitative estimate of drug-likeness (QED) is 0.215. The highest BCUT2D eigenvalue weighted by Crippen LogP contribution is 2.34. The van der Waals surface area contributed by atoms with Crippen LogP contribution < -0.4 is 0 Å². The van der Waals surface area contributed by atoms with Crippen LogP contribution in [0.4, 0.5) is 10.5 Å². The lowest BCUT2D eigenvalue weighted by molar-refractivity contribution is -0.384. The molecule has 0 radical (unpaired) electrons. The fourth-order valence-electron chi connectivity index (χ4n) is 3.30. The van der Waals surface area contributed by atoms with Crippen LogP contribution in [-0.2, 0) is 22.7 Å². The minimum absolute atomic E-state index is 0.0326. The second-order valence-electron chi connectivity index (χ2n) is 7.53. The van der Waals surface area contributed by atoms with E-state index in [-0.39, 0.29) is 35.1 Å². The van der Waals surface area contributed by atoms with Gasteiger partial charge in [0.05, 0.1) is 16.4 Å². The van der Waals surface area contributed by atoms with Crippen LogP contribution in [0.1, 0.15) is 27.0 Å². The van der Waals surface area contributed by atoms with E-state index in [0.717, 1.165) is 22.2 Å². The van der Waals surface area contributed by atoms with Crippen LogP contribution in [0.3, 0.4) is 0 Å². The van der Waals surface area contributed by atoms with Crippen molar-refractivity contribution in [3.05, 3.63) is 110 Å². The first-order valence-electron chi connectivity index (χ1n) is 10.3. The van der Waals surface area contributed by atoms with E-state index in [2.05, 4.69) is 0 Å². The Morgan fingerprint density at radius 1 is 1.03 bits per heavy atom. The van der Waals surface area contributed by atoms with Crippen molar-refractivity contribution in [1.82, 2.24) is 4.90 Å². The second kappa shape index (κ2) is 10.2. The van der Waals surface area contributed by atoms with E-state index < -0.39 is 22.0 Å². The van der Waals surface area contributed by atoms with E-state index in [1.54, 1.807) is 12.1 Å². The van der Waals surface area contributed by atoms with Crippen molar-refractivity contribution in [2.45, 2.75) is 13.2 Å². The number of phenols is 1. The van der Waals surface area contributed by atoms with Crippen LogP contribution in [0, 0.1) is 10.1 Å². The number of hydrogen-bond acceptors (Lipinski definition) is 8. The van der Waals surface area contributed by atoms with Gasteiger partial charge in [0, 0.05) is 12.1 Å². The van der Waals surface area contributed by atoms with E-state index in [1.165, 1.54) is 48.5 Å². The van der Waals surface area contributed by atoms with Gasteiger partial charge in [-0.3, -0.25) is 24.6 Å². The highest BCUT2D eigenvalue weighted by molar-refractivity contribution is 8.18. The van der Waals surface area contributed by atoms with Gasteiger partial charge in [0.15, 0.2) is 0 Å². The van der Waals surface area contributed by atoms with Gasteiger partial charge < -0.3 is 9.84 Å².